The van der Waals surface area contributed by atoms with Crippen molar-refractivity contribution in [2.75, 3.05) is 6.54 Å². The van der Waals surface area contributed by atoms with Crippen LogP contribution in [0, 0.1) is 6.92 Å². The number of aromatic nitrogens is 2. The van der Waals surface area contributed by atoms with Gasteiger partial charge in [-0.25, -0.2) is 0 Å². The first-order chi connectivity index (χ1) is 14.6. The lowest BCUT2D eigenvalue weighted by atomic mass is 10.0. The molecule has 3 heterocycles. The van der Waals surface area contributed by atoms with E-state index in [2.05, 4.69) is 15.5 Å². The molecule has 30 heavy (non-hydrogen) atoms. The maximum absolute atomic E-state index is 13.1. The molecule has 0 unspecified atom stereocenters. The summed E-state index contributed by atoms with van der Waals surface area (Å²) in [6.45, 7) is 2.94. The van der Waals surface area contributed by atoms with Crippen LogP contribution in [0.25, 0.3) is 11.3 Å². The number of benzene rings is 1. The molecule has 0 radical (unpaired) electrons. The average molecular weight is 404 g/mol. The zero-order chi connectivity index (χ0) is 20.9. The first kappa shape index (κ1) is 19.8. The van der Waals surface area contributed by atoms with Crippen LogP contribution in [-0.4, -0.2) is 39.4 Å². The fourth-order valence-electron chi connectivity index (χ4n) is 3.63. The molecule has 1 aromatic carbocycles. The highest BCUT2D eigenvalue weighted by Gasteiger charge is 2.33. The molecule has 4 rings (SSSR count). The molecule has 1 fully saturated rings. The van der Waals surface area contributed by atoms with Crippen LogP contribution in [0.4, 0.5) is 0 Å². The Balaban J connectivity index is 1.46. The van der Waals surface area contributed by atoms with Gasteiger partial charge in [-0.15, -0.1) is 0 Å². The van der Waals surface area contributed by atoms with Crippen LogP contribution in [0.3, 0.4) is 0 Å². The first-order valence-electron chi connectivity index (χ1n) is 10.1. The number of amides is 2. The van der Waals surface area contributed by atoms with E-state index < -0.39 is 6.04 Å². The molecule has 0 spiro atoms. The Labute approximate surface area is 175 Å². The molecule has 154 valence electrons. The molecule has 7 nitrogen and oxygen atoms in total. The minimum absolute atomic E-state index is 0.151. The lowest BCUT2D eigenvalue weighted by Gasteiger charge is -2.34. The highest BCUT2D eigenvalue weighted by molar-refractivity contribution is 5.96. The van der Waals surface area contributed by atoms with Gasteiger partial charge in [0.25, 0.3) is 5.91 Å². The van der Waals surface area contributed by atoms with Crippen LogP contribution < -0.4 is 5.32 Å². The zero-order valence-electron chi connectivity index (χ0n) is 16.9. The Morgan fingerprint density at radius 3 is 2.67 bits per heavy atom. The highest BCUT2D eigenvalue weighted by atomic mass is 16.5. The summed E-state index contributed by atoms with van der Waals surface area (Å²) in [5.41, 5.74) is 3.19. The summed E-state index contributed by atoms with van der Waals surface area (Å²) in [5, 5.41) is 6.91. The number of pyridine rings is 1. The summed E-state index contributed by atoms with van der Waals surface area (Å²) in [5.74, 6) is 0.108. The number of likely N-dealkylation sites (tertiary alicyclic amines) is 1. The fourth-order valence-corrected chi connectivity index (χ4v) is 3.63. The lowest BCUT2D eigenvalue weighted by Crippen LogP contribution is -2.51. The third kappa shape index (κ3) is 4.40. The van der Waals surface area contributed by atoms with Gasteiger partial charge >= 0.3 is 0 Å². The van der Waals surface area contributed by atoms with Gasteiger partial charge < -0.3 is 14.7 Å². The Morgan fingerprint density at radius 1 is 1.13 bits per heavy atom. The summed E-state index contributed by atoms with van der Waals surface area (Å²) < 4.78 is 5.40. The van der Waals surface area contributed by atoms with E-state index in [4.69, 9.17) is 4.52 Å². The molecular formula is C23H24N4O3. The molecule has 1 aliphatic heterocycles. The van der Waals surface area contributed by atoms with Crippen molar-refractivity contribution in [2.45, 2.75) is 38.8 Å². The number of rotatable bonds is 5. The predicted molar refractivity (Wildman–Crippen MR) is 111 cm³/mol. The lowest BCUT2D eigenvalue weighted by molar-refractivity contribution is -0.126. The molecule has 1 atom stereocenters. The monoisotopic (exact) mass is 404 g/mol. The average Bonchev–Trinajstić information content (AvgIpc) is 3.28. The summed E-state index contributed by atoms with van der Waals surface area (Å²) >= 11 is 0. The van der Waals surface area contributed by atoms with Crippen LogP contribution in [0.15, 0.2) is 59.4 Å². The predicted octanol–water partition coefficient (Wildman–Crippen LogP) is 3.36. The Morgan fingerprint density at radius 2 is 1.90 bits per heavy atom. The van der Waals surface area contributed by atoms with Crippen molar-refractivity contribution in [3.8, 4) is 11.3 Å². The van der Waals surface area contributed by atoms with Gasteiger partial charge in [-0.1, -0.05) is 35.0 Å². The van der Waals surface area contributed by atoms with Gasteiger partial charge in [-0.2, -0.15) is 0 Å². The largest absolute Gasteiger partial charge is 0.355 e. The molecule has 1 N–H and O–H groups in total. The molecule has 2 amide bonds. The Kier molecular flexibility index (Phi) is 5.88. The SMILES string of the molecule is Cc1ccc(-c2cc(C(=O)N3CCCC[C@H]3C(=O)NCc3ccncc3)no2)cc1. The number of carbonyl (C=O) groups excluding carboxylic acids is 2. The maximum atomic E-state index is 13.1. The minimum Gasteiger partial charge on any atom is -0.355 e. The van der Waals surface area contributed by atoms with Gasteiger partial charge in [-0.3, -0.25) is 14.6 Å². The summed E-state index contributed by atoms with van der Waals surface area (Å²) in [6, 6.07) is 12.7. The standard InChI is InChI=1S/C23H24N4O3/c1-16-5-7-18(8-6-16)21-14-19(26-30-21)23(29)27-13-3-2-4-20(27)22(28)25-15-17-9-11-24-12-10-17/h5-12,14,20H,2-4,13,15H2,1H3,(H,25,28)/t20-/m0/s1. The van der Waals surface area contributed by atoms with Crippen molar-refractivity contribution in [3.63, 3.8) is 0 Å². The molecule has 1 saturated heterocycles. The highest BCUT2D eigenvalue weighted by Crippen LogP contribution is 2.24. The van der Waals surface area contributed by atoms with Gasteiger partial charge in [0.15, 0.2) is 11.5 Å². The van der Waals surface area contributed by atoms with Gasteiger partial charge in [0.2, 0.25) is 5.91 Å². The van der Waals surface area contributed by atoms with Gasteiger partial charge in [-0.05, 0) is 43.9 Å². The molecule has 1 aliphatic rings. The normalized spacial score (nSPS) is 16.3. The first-order valence-corrected chi connectivity index (χ1v) is 10.1. The van der Waals surface area contributed by atoms with Crippen LogP contribution in [0.5, 0.6) is 0 Å². The van der Waals surface area contributed by atoms with Crippen molar-refractivity contribution >= 4 is 11.8 Å². The molecule has 3 aromatic rings. The number of nitrogens with zero attached hydrogens (tertiary/aromatic N) is 3. The van der Waals surface area contributed by atoms with Crippen LogP contribution in [0.1, 0.15) is 40.9 Å². The molecule has 0 bridgehead atoms. The molecule has 2 aromatic heterocycles. The molecule has 0 saturated carbocycles. The Hall–Kier alpha value is -3.48. The van der Waals surface area contributed by atoms with E-state index in [0.717, 1.165) is 29.5 Å². The topological polar surface area (TPSA) is 88.3 Å². The van der Waals surface area contributed by atoms with Crippen molar-refractivity contribution in [1.82, 2.24) is 20.4 Å². The van der Waals surface area contributed by atoms with E-state index in [1.807, 2.05) is 43.3 Å². The molecule has 7 heteroatoms. The summed E-state index contributed by atoms with van der Waals surface area (Å²) in [4.78, 5) is 31.5. The maximum Gasteiger partial charge on any atom is 0.276 e. The van der Waals surface area contributed by atoms with Gasteiger partial charge in [0.1, 0.15) is 6.04 Å². The summed E-state index contributed by atoms with van der Waals surface area (Å²) in [7, 11) is 0. The van der Waals surface area contributed by atoms with Crippen molar-refractivity contribution in [3.05, 3.63) is 71.7 Å². The zero-order valence-corrected chi connectivity index (χ0v) is 16.9. The van der Waals surface area contributed by atoms with Crippen molar-refractivity contribution in [1.29, 1.82) is 0 Å². The van der Waals surface area contributed by atoms with E-state index in [1.54, 1.807) is 23.4 Å². The number of hydrogen-bond donors (Lipinski definition) is 1. The van der Waals surface area contributed by atoms with Crippen LogP contribution in [-0.2, 0) is 11.3 Å². The second-order valence-electron chi connectivity index (χ2n) is 7.53. The number of hydrogen-bond acceptors (Lipinski definition) is 5. The third-order valence-electron chi connectivity index (χ3n) is 5.35. The minimum atomic E-state index is -0.507. The van der Waals surface area contributed by atoms with E-state index in [1.165, 1.54) is 0 Å². The number of piperidine rings is 1. The fraction of sp³-hybridized carbons (Fsp3) is 0.304. The van der Waals surface area contributed by atoms with E-state index >= 15 is 0 Å². The second kappa shape index (κ2) is 8.90. The van der Waals surface area contributed by atoms with Crippen LogP contribution in [0.2, 0.25) is 0 Å². The second-order valence-corrected chi connectivity index (χ2v) is 7.53. The Bertz CT molecular complexity index is 1010. The van der Waals surface area contributed by atoms with E-state index in [0.29, 0.717) is 25.3 Å². The third-order valence-corrected chi connectivity index (χ3v) is 5.35. The van der Waals surface area contributed by atoms with E-state index in [9.17, 15) is 9.59 Å². The smallest absolute Gasteiger partial charge is 0.276 e. The van der Waals surface area contributed by atoms with Crippen molar-refractivity contribution < 1.29 is 14.1 Å². The van der Waals surface area contributed by atoms with Gasteiger partial charge in [0, 0.05) is 37.1 Å². The van der Waals surface area contributed by atoms with E-state index in [-0.39, 0.29) is 17.5 Å². The quantitative estimate of drug-likeness (QED) is 0.704. The molecule has 0 aliphatic carbocycles. The van der Waals surface area contributed by atoms with Gasteiger partial charge in [0.05, 0.1) is 0 Å². The number of aryl methyl sites for hydroxylation is 1. The summed E-state index contributed by atoms with van der Waals surface area (Å²) in [6.07, 6.45) is 5.78. The number of nitrogens with one attached hydrogen (secondary N) is 1. The van der Waals surface area contributed by atoms with Crippen molar-refractivity contribution in [2.24, 2.45) is 0 Å². The van der Waals surface area contributed by atoms with Crippen LogP contribution >= 0.6 is 0 Å². The molecular weight excluding hydrogens is 380 g/mol. The number of carbonyl (C=O) groups is 2.